The molecule has 1 aromatic rings. The average molecular weight is 267 g/mol. The van der Waals surface area contributed by atoms with E-state index in [4.69, 9.17) is 15.2 Å². The molecule has 19 heavy (non-hydrogen) atoms. The van der Waals surface area contributed by atoms with Crippen LogP contribution in [0.15, 0.2) is 18.2 Å². The Bertz CT molecular complexity index is 412. The van der Waals surface area contributed by atoms with Crippen molar-refractivity contribution in [2.45, 2.75) is 39.3 Å². The molecule has 0 aliphatic carbocycles. The second-order valence-electron chi connectivity index (χ2n) is 5.83. The third kappa shape index (κ3) is 4.11. The van der Waals surface area contributed by atoms with Gasteiger partial charge in [-0.25, -0.2) is 0 Å². The number of methoxy groups -OCH3 is 2. The normalized spacial score (nSPS) is 14.9. The first-order valence-electron chi connectivity index (χ1n) is 6.45. The smallest absolute Gasteiger partial charge is 0.128 e. The Labute approximate surface area is 115 Å². The van der Waals surface area contributed by atoms with Crippen LogP contribution in [0.2, 0.25) is 0 Å². The topological polar surface area (TPSA) is 64.7 Å². The van der Waals surface area contributed by atoms with Gasteiger partial charge in [-0.2, -0.15) is 0 Å². The lowest BCUT2D eigenvalue weighted by Crippen LogP contribution is -2.36. The number of benzene rings is 1. The van der Waals surface area contributed by atoms with Crippen molar-refractivity contribution in [1.82, 2.24) is 0 Å². The van der Waals surface area contributed by atoms with Crippen molar-refractivity contribution < 1.29 is 14.6 Å². The number of nitrogens with two attached hydrogens (primary N) is 1. The molecule has 4 heteroatoms. The highest BCUT2D eigenvalue weighted by Gasteiger charge is 2.25. The Morgan fingerprint density at radius 3 is 2.32 bits per heavy atom. The van der Waals surface area contributed by atoms with Gasteiger partial charge in [0.1, 0.15) is 11.5 Å². The molecule has 1 rings (SSSR count). The fraction of sp³-hybridized carbons (Fsp3) is 0.600. The van der Waals surface area contributed by atoms with E-state index in [0.717, 1.165) is 5.56 Å². The van der Waals surface area contributed by atoms with Gasteiger partial charge < -0.3 is 20.3 Å². The highest BCUT2D eigenvalue weighted by molar-refractivity contribution is 5.42. The third-order valence-corrected chi connectivity index (χ3v) is 3.39. The van der Waals surface area contributed by atoms with Crippen molar-refractivity contribution in [3.05, 3.63) is 23.8 Å². The van der Waals surface area contributed by atoms with Gasteiger partial charge >= 0.3 is 0 Å². The zero-order valence-corrected chi connectivity index (χ0v) is 12.4. The molecule has 4 nitrogen and oxygen atoms in total. The maximum atomic E-state index is 10.3. The first-order chi connectivity index (χ1) is 8.79. The summed E-state index contributed by atoms with van der Waals surface area (Å²) in [4.78, 5) is 0. The van der Waals surface area contributed by atoms with Crippen molar-refractivity contribution in [2.24, 2.45) is 11.1 Å². The molecule has 0 amide bonds. The van der Waals surface area contributed by atoms with Gasteiger partial charge in [-0.05, 0) is 24.0 Å². The zero-order chi connectivity index (χ0) is 14.6. The number of ether oxygens (including phenoxy) is 2. The van der Waals surface area contributed by atoms with Gasteiger partial charge in [0.15, 0.2) is 0 Å². The Balaban J connectivity index is 2.90. The van der Waals surface area contributed by atoms with Crippen molar-refractivity contribution in [1.29, 1.82) is 0 Å². The van der Waals surface area contributed by atoms with E-state index in [0.29, 0.717) is 17.9 Å². The minimum atomic E-state index is -0.643. The van der Waals surface area contributed by atoms with E-state index in [1.807, 2.05) is 12.1 Å². The molecular formula is C15H25NO3. The lowest BCUT2D eigenvalue weighted by Gasteiger charge is -2.29. The molecule has 0 fully saturated rings. The number of aliphatic hydroxyl groups excluding tert-OH is 1. The van der Waals surface area contributed by atoms with Crippen LogP contribution in [0.5, 0.6) is 11.5 Å². The number of aliphatic hydroxyl groups is 1. The predicted molar refractivity (Wildman–Crippen MR) is 76.6 cm³/mol. The van der Waals surface area contributed by atoms with E-state index in [1.165, 1.54) is 0 Å². The van der Waals surface area contributed by atoms with Gasteiger partial charge in [0, 0.05) is 17.7 Å². The molecule has 1 aromatic carbocycles. The molecule has 3 N–H and O–H groups in total. The lowest BCUT2D eigenvalue weighted by molar-refractivity contribution is 0.130. The van der Waals surface area contributed by atoms with E-state index in [2.05, 4.69) is 20.8 Å². The monoisotopic (exact) mass is 267 g/mol. The molecule has 0 aliphatic rings. The van der Waals surface area contributed by atoms with Crippen LogP contribution in [-0.4, -0.2) is 25.4 Å². The summed E-state index contributed by atoms with van der Waals surface area (Å²) in [6.45, 7) is 6.20. The van der Waals surface area contributed by atoms with Crippen LogP contribution >= 0.6 is 0 Å². The predicted octanol–water partition coefficient (Wildman–Crippen LogP) is 2.50. The molecule has 0 saturated heterocycles. The van der Waals surface area contributed by atoms with Crippen LogP contribution in [0.1, 0.15) is 38.9 Å². The van der Waals surface area contributed by atoms with Gasteiger partial charge in [0.05, 0.1) is 20.3 Å². The fourth-order valence-corrected chi connectivity index (χ4v) is 1.81. The molecule has 0 radical (unpaired) electrons. The van der Waals surface area contributed by atoms with Gasteiger partial charge in [-0.15, -0.1) is 0 Å². The van der Waals surface area contributed by atoms with E-state index in [1.54, 1.807) is 20.3 Å². The molecule has 108 valence electrons. The van der Waals surface area contributed by atoms with Gasteiger partial charge in [-0.1, -0.05) is 20.8 Å². The molecule has 0 saturated carbocycles. The summed E-state index contributed by atoms with van der Waals surface area (Å²) in [5, 5.41) is 10.3. The van der Waals surface area contributed by atoms with Crippen LogP contribution in [-0.2, 0) is 0 Å². The summed E-state index contributed by atoms with van der Waals surface area (Å²) in [6, 6.07) is 5.30. The van der Waals surface area contributed by atoms with Crippen molar-refractivity contribution in [2.75, 3.05) is 14.2 Å². The minimum absolute atomic E-state index is 0.0410. The highest BCUT2D eigenvalue weighted by Crippen LogP contribution is 2.33. The van der Waals surface area contributed by atoms with Crippen molar-refractivity contribution in [3.8, 4) is 11.5 Å². The third-order valence-electron chi connectivity index (χ3n) is 3.39. The van der Waals surface area contributed by atoms with Gasteiger partial charge in [0.25, 0.3) is 0 Å². The minimum Gasteiger partial charge on any atom is -0.497 e. The summed E-state index contributed by atoms with van der Waals surface area (Å²) in [6.07, 6.45) is -0.151. The summed E-state index contributed by atoms with van der Waals surface area (Å²) in [7, 11) is 3.18. The quantitative estimate of drug-likeness (QED) is 0.860. The van der Waals surface area contributed by atoms with E-state index in [-0.39, 0.29) is 11.5 Å². The van der Waals surface area contributed by atoms with E-state index >= 15 is 0 Å². The highest BCUT2D eigenvalue weighted by atomic mass is 16.5. The van der Waals surface area contributed by atoms with Crippen LogP contribution < -0.4 is 15.2 Å². The molecule has 0 spiro atoms. The number of rotatable bonds is 5. The Morgan fingerprint density at radius 2 is 1.84 bits per heavy atom. The van der Waals surface area contributed by atoms with Crippen molar-refractivity contribution >= 4 is 0 Å². The summed E-state index contributed by atoms with van der Waals surface area (Å²) >= 11 is 0. The maximum absolute atomic E-state index is 10.3. The van der Waals surface area contributed by atoms with E-state index in [9.17, 15) is 5.11 Å². The van der Waals surface area contributed by atoms with E-state index < -0.39 is 6.10 Å². The van der Waals surface area contributed by atoms with Gasteiger partial charge in [0.2, 0.25) is 0 Å². The first kappa shape index (κ1) is 15.8. The Hall–Kier alpha value is -1.26. The van der Waals surface area contributed by atoms with Crippen molar-refractivity contribution in [3.63, 3.8) is 0 Å². The lowest BCUT2D eigenvalue weighted by atomic mass is 9.83. The van der Waals surface area contributed by atoms with Gasteiger partial charge in [-0.3, -0.25) is 0 Å². The second kappa shape index (κ2) is 6.26. The molecule has 0 bridgehead atoms. The fourth-order valence-electron chi connectivity index (χ4n) is 1.81. The summed E-state index contributed by atoms with van der Waals surface area (Å²) in [5.74, 6) is 1.32. The Morgan fingerprint density at radius 1 is 1.21 bits per heavy atom. The molecule has 0 aromatic heterocycles. The number of hydrogen-bond donors (Lipinski definition) is 2. The maximum Gasteiger partial charge on any atom is 0.128 e. The first-order valence-corrected chi connectivity index (χ1v) is 6.45. The van der Waals surface area contributed by atoms with Crippen LogP contribution in [0.25, 0.3) is 0 Å². The standard InChI is InChI=1S/C15H25NO3/c1-15(2,3)14(16)9-12(17)11-7-6-10(18-4)8-13(11)19-5/h6-8,12,14,17H,9,16H2,1-5H3/t12-,14-/m1/s1. The largest absolute Gasteiger partial charge is 0.497 e. The molecule has 0 unspecified atom stereocenters. The zero-order valence-electron chi connectivity index (χ0n) is 12.4. The molecule has 0 heterocycles. The van der Waals surface area contributed by atoms with Crippen LogP contribution in [0, 0.1) is 5.41 Å². The molecular weight excluding hydrogens is 242 g/mol. The molecule has 2 atom stereocenters. The molecule has 0 aliphatic heterocycles. The SMILES string of the molecule is COc1ccc([C@H](O)C[C@@H](N)C(C)(C)C)c(OC)c1. The second-order valence-corrected chi connectivity index (χ2v) is 5.83. The number of hydrogen-bond acceptors (Lipinski definition) is 4. The van der Waals surface area contributed by atoms with Crippen LogP contribution in [0.4, 0.5) is 0 Å². The average Bonchev–Trinajstić information content (AvgIpc) is 2.36. The summed E-state index contributed by atoms with van der Waals surface area (Å²) in [5.41, 5.74) is 6.81. The summed E-state index contributed by atoms with van der Waals surface area (Å²) < 4.78 is 10.4. The van der Waals surface area contributed by atoms with Crippen LogP contribution in [0.3, 0.4) is 0 Å². The Kier molecular flexibility index (Phi) is 5.20.